The highest BCUT2D eigenvalue weighted by Crippen LogP contribution is 2.44. The summed E-state index contributed by atoms with van der Waals surface area (Å²) in [6.45, 7) is 21.1. The minimum atomic E-state index is -1.09. The summed E-state index contributed by atoms with van der Waals surface area (Å²) < 4.78 is 31.9. The summed E-state index contributed by atoms with van der Waals surface area (Å²) in [4.78, 5) is 42.4. The van der Waals surface area contributed by atoms with Crippen LogP contribution < -0.4 is 4.90 Å². The Balaban J connectivity index is 2.84. The van der Waals surface area contributed by atoms with Gasteiger partial charge >= 0.3 is 18.2 Å². The third kappa shape index (κ3) is 7.01. The molecule has 0 spiro atoms. The number of carbonyl (C=O) groups is 3. The summed E-state index contributed by atoms with van der Waals surface area (Å²) in [6.07, 6.45) is -2.53. The van der Waals surface area contributed by atoms with Crippen molar-refractivity contribution in [2.45, 2.75) is 79.1 Å². The fraction of sp³-hybridized carbons (Fsp3) is 0.500. The Kier molecular flexibility index (Phi) is 9.17. The van der Waals surface area contributed by atoms with E-state index < -0.39 is 46.2 Å². The van der Waals surface area contributed by atoms with Gasteiger partial charge in [0.25, 0.3) is 5.69 Å². The van der Waals surface area contributed by atoms with E-state index in [1.807, 2.05) is 0 Å². The lowest BCUT2D eigenvalue weighted by Crippen LogP contribution is -2.44. The molecule has 0 bridgehead atoms. The lowest BCUT2D eigenvalue weighted by Gasteiger charge is -2.29. The molecule has 0 aliphatic heterocycles. The molecule has 2 aromatic rings. The minimum Gasteiger partial charge on any atom is -0.469 e. The van der Waals surface area contributed by atoms with Gasteiger partial charge in [-0.15, -0.1) is 0 Å². The van der Waals surface area contributed by atoms with Gasteiger partial charge in [-0.05, 0) is 55.4 Å². The van der Waals surface area contributed by atoms with Crippen LogP contribution in [0.2, 0.25) is 5.02 Å². The Morgan fingerprint density at radius 1 is 1.11 bits per heavy atom. The van der Waals surface area contributed by atoms with Crippen molar-refractivity contribution in [2.75, 3.05) is 12.0 Å². The number of hydrogen-bond donors (Lipinski definition) is 0. The van der Waals surface area contributed by atoms with Gasteiger partial charge in [-0.3, -0.25) is 9.48 Å². The minimum absolute atomic E-state index is 0.0115. The molecule has 12 heteroatoms. The lowest BCUT2D eigenvalue weighted by atomic mass is 10.0. The zero-order valence-corrected chi connectivity index (χ0v) is 23.7. The zero-order chi connectivity index (χ0) is 29.2. The van der Waals surface area contributed by atoms with Gasteiger partial charge in [0.2, 0.25) is 0 Å². The van der Waals surface area contributed by atoms with E-state index in [4.69, 9.17) is 27.6 Å². The molecule has 0 aliphatic rings. The van der Waals surface area contributed by atoms with Crippen molar-refractivity contribution in [2.24, 2.45) is 0 Å². The average Bonchev–Trinajstić information content (AvgIpc) is 3.13. The molecule has 1 aromatic heterocycles. The first kappa shape index (κ1) is 30.6. The summed E-state index contributed by atoms with van der Waals surface area (Å²) in [7, 11) is 1.18. The number of imide groups is 1. The van der Waals surface area contributed by atoms with Crippen LogP contribution in [0.1, 0.15) is 67.0 Å². The molecule has 0 atom stereocenters. The van der Waals surface area contributed by atoms with Crippen LogP contribution in [0.15, 0.2) is 12.1 Å². The number of benzene rings is 1. The molecule has 10 nitrogen and oxygen atoms in total. The van der Waals surface area contributed by atoms with Crippen LogP contribution in [0.3, 0.4) is 0 Å². The number of nitrogens with zero attached hydrogens (tertiary/aromatic N) is 4. The van der Waals surface area contributed by atoms with Crippen molar-refractivity contribution in [3.05, 3.63) is 40.0 Å². The monoisotopic (exact) mass is 550 g/mol. The van der Waals surface area contributed by atoms with E-state index in [1.54, 1.807) is 55.4 Å². The maximum absolute atomic E-state index is 15.1. The maximum atomic E-state index is 15.1. The van der Waals surface area contributed by atoms with Crippen LogP contribution in [-0.2, 0) is 25.4 Å². The molecule has 0 saturated carbocycles. The van der Waals surface area contributed by atoms with Crippen molar-refractivity contribution in [1.29, 1.82) is 0 Å². The van der Waals surface area contributed by atoms with E-state index in [9.17, 15) is 14.4 Å². The van der Waals surface area contributed by atoms with E-state index in [0.29, 0.717) is 4.90 Å². The van der Waals surface area contributed by atoms with Gasteiger partial charge < -0.3 is 14.2 Å². The average molecular weight is 551 g/mol. The number of esters is 1. The van der Waals surface area contributed by atoms with Gasteiger partial charge in [-0.25, -0.2) is 18.8 Å². The van der Waals surface area contributed by atoms with Crippen LogP contribution in [0.25, 0.3) is 16.1 Å². The summed E-state index contributed by atoms with van der Waals surface area (Å²) in [5.41, 5.74) is -2.28. The van der Waals surface area contributed by atoms with Gasteiger partial charge in [0.15, 0.2) is 5.82 Å². The number of rotatable bonds is 5. The summed E-state index contributed by atoms with van der Waals surface area (Å²) in [5.74, 6) is -1.77. The van der Waals surface area contributed by atoms with Crippen LogP contribution >= 0.6 is 11.6 Å². The van der Waals surface area contributed by atoms with Crippen molar-refractivity contribution >= 4 is 41.3 Å². The first-order valence-electron chi connectivity index (χ1n) is 11.7. The number of ether oxygens (including phenoxy) is 3. The standard InChI is InChI=1S/C26H32ClFN4O6/c1-14(2)32-22(31(23(34)37-25(3,4)5)24(35)38-26(6,7)8)21(29-9)20(30-32)16-12-11-15(13-17(33)36-10)19(28)18(16)27/h11-12,14H,13H2,1-8,10H3. The largest absolute Gasteiger partial charge is 0.469 e. The van der Waals surface area contributed by atoms with E-state index in [2.05, 4.69) is 14.7 Å². The third-order valence-electron chi connectivity index (χ3n) is 4.81. The molecule has 206 valence electrons. The second-order valence-corrected chi connectivity index (χ2v) is 11.0. The van der Waals surface area contributed by atoms with E-state index in [-0.39, 0.29) is 34.7 Å². The van der Waals surface area contributed by atoms with Crippen molar-refractivity contribution in [3.63, 3.8) is 0 Å². The van der Waals surface area contributed by atoms with E-state index in [1.165, 1.54) is 23.9 Å². The highest BCUT2D eigenvalue weighted by molar-refractivity contribution is 6.33. The van der Waals surface area contributed by atoms with Gasteiger partial charge in [0, 0.05) is 17.2 Å². The smallest absolute Gasteiger partial charge is 0.424 e. The third-order valence-corrected chi connectivity index (χ3v) is 5.18. The molecule has 0 aliphatic carbocycles. The molecule has 38 heavy (non-hydrogen) atoms. The SMILES string of the molecule is [C-]#[N+]c1c(-c2ccc(CC(=O)OC)c(F)c2Cl)nn(C(C)C)c1N(C(=O)OC(C)(C)C)C(=O)OC(C)(C)C. The Hall–Kier alpha value is -3.65. The highest BCUT2D eigenvalue weighted by atomic mass is 35.5. The molecule has 0 N–H and O–H groups in total. The molecule has 0 fully saturated rings. The van der Waals surface area contributed by atoms with Crippen molar-refractivity contribution < 1.29 is 33.0 Å². The first-order valence-corrected chi connectivity index (χ1v) is 12.1. The predicted octanol–water partition coefficient (Wildman–Crippen LogP) is 6.87. The fourth-order valence-corrected chi connectivity index (χ4v) is 3.54. The molecule has 0 saturated heterocycles. The second kappa shape index (κ2) is 11.4. The molecular formula is C26H32ClFN4O6. The number of anilines is 1. The number of methoxy groups -OCH3 is 1. The molecule has 2 amide bonds. The number of carbonyl (C=O) groups excluding carboxylic acids is 3. The number of halogens is 2. The lowest BCUT2D eigenvalue weighted by molar-refractivity contribution is -0.139. The summed E-state index contributed by atoms with van der Waals surface area (Å²) in [5, 5.41) is 4.05. The maximum Gasteiger partial charge on any atom is 0.424 e. The summed E-state index contributed by atoms with van der Waals surface area (Å²) >= 11 is 6.33. The van der Waals surface area contributed by atoms with Gasteiger partial charge in [0.1, 0.15) is 22.7 Å². The van der Waals surface area contributed by atoms with Crippen LogP contribution in [-0.4, -0.2) is 46.2 Å². The van der Waals surface area contributed by atoms with Gasteiger partial charge in [-0.1, -0.05) is 23.7 Å². The predicted molar refractivity (Wildman–Crippen MR) is 140 cm³/mol. The molecule has 0 radical (unpaired) electrons. The Morgan fingerprint density at radius 2 is 1.63 bits per heavy atom. The van der Waals surface area contributed by atoms with Gasteiger partial charge in [0.05, 0.1) is 25.1 Å². The second-order valence-electron chi connectivity index (χ2n) is 10.6. The molecule has 2 rings (SSSR count). The van der Waals surface area contributed by atoms with Crippen LogP contribution in [0.4, 0.5) is 25.5 Å². The van der Waals surface area contributed by atoms with E-state index >= 15 is 4.39 Å². The Bertz CT molecular complexity index is 1260. The van der Waals surface area contributed by atoms with E-state index in [0.717, 1.165) is 0 Å². The number of hydrogen-bond acceptors (Lipinski definition) is 7. The number of amides is 2. The Labute approximate surface area is 226 Å². The quantitative estimate of drug-likeness (QED) is 0.227. The molecule has 1 aromatic carbocycles. The first-order chi connectivity index (χ1) is 17.4. The molecule has 1 heterocycles. The normalized spacial score (nSPS) is 11.7. The van der Waals surface area contributed by atoms with Crippen LogP contribution in [0.5, 0.6) is 0 Å². The topological polar surface area (TPSA) is 104 Å². The van der Waals surface area contributed by atoms with Crippen molar-refractivity contribution in [1.82, 2.24) is 9.78 Å². The fourth-order valence-electron chi connectivity index (χ4n) is 3.27. The van der Waals surface area contributed by atoms with Crippen LogP contribution in [0, 0.1) is 12.4 Å². The highest BCUT2D eigenvalue weighted by Gasteiger charge is 2.39. The Morgan fingerprint density at radius 3 is 2.05 bits per heavy atom. The summed E-state index contributed by atoms with van der Waals surface area (Å²) in [6, 6.07) is 2.27. The number of aromatic nitrogens is 2. The van der Waals surface area contributed by atoms with Gasteiger partial charge in [-0.2, -0.15) is 10.00 Å². The molecule has 0 unspecified atom stereocenters. The van der Waals surface area contributed by atoms with Crippen molar-refractivity contribution in [3.8, 4) is 11.3 Å². The zero-order valence-electron chi connectivity index (χ0n) is 22.9. The molecular weight excluding hydrogens is 519 g/mol.